The summed E-state index contributed by atoms with van der Waals surface area (Å²) in [6, 6.07) is 7.98. The summed E-state index contributed by atoms with van der Waals surface area (Å²) in [7, 11) is -0.444. The fourth-order valence-electron chi connectivity index (χ4n) is 3.41. The first kappa shape index (κ1) is 20.9. The number of nitrogens with one attached hydrogen (secondary N) is 1. The third kappa shape index (κ3) is 4.64. The number of benzene rings is 1. The van der Waals surface area contributed by atoms with Gasteiger partial charge in [0.25, 0.3) is 10.2 Å². The minimum atomic E-state index is -3.48. The number of hydrogen-bond acceptors (Lipinski definition) is 3. The van der Waals surface area contributed by atoms with Crippen molar-refractivity contribution in [3.05, 3.63) is 35.4 Å². The Morgan fingerprint density at radius 1 is 1.27 bits per heavy atom. The highest BCUT2D eigenvalue weighted by atomic mass is 32.2. The van der Waals surface area contributed by atoms with E-state index in [-0.39, 0.29) is 30.3 Å². The lowest BCUT2D eigenvalue weighted by Gasteiger charge is -2.34. The third-order valence-corrected chi connectivity index (χ3v) is 6.94. The SMILES string of the molecule is Cc1ccccc1[C@H](NC(=O)[C@H]1CCCN(S(=O)(=O)N(C)C)C1)C(C)C. The van der Waals surface area contributed by atoms with Crippen LogP contribution in [-0.2, 0) is 15.0 Å². The van der Waals surface area contributed by atoms with Crippen LogP contribution in [0, 0.1) is 18.8 Å². The Bertz CT molecular complexity index is 731. The monoisotopic (exact) mass is 381 g/mol. The van der Waals surface area contributed by atoms with Crippen LogP contribution in [0.2, 0.25) is 0 Å². The second-order valence-electron chi connectivity index (χ2n) is 7.57. The van der Waals surface area contributed by atoms with E-state index in [2.05, 4.69) is 19.2 Å². The van der Waals surface area contributed by atoms with Crippen molar-refractivity contribution >= 4 is 16.1 Å². The van der Waals surface area contributed by atoms with Gasteiger partial charge in [0.1, 0.15) is 0 Å². The van der Waals surface area contributed by atoms with Crippen molar-refractivity contribution in [1.82, 2.24) is 13.9 Å². The minimum Gasteiger partial charge on any atom is -0.349 e. The fraction of sp³-hybridized carbons (Fsp3) is 0.632. The van der Waals surface area contributed by atoms with Crippen LogP contribution in [0.4, 0.5) is 0 Å². The van der Waals surface area contributed by atoms with E-state index in [1.807, 2.05) is 31.2 Å². The molecule has 146 valence electrons. The van der Waals surface area contributed by atoms with Gasteiger partial charge in [-0.25, -0.2) is 0 Å². The Morgan fingerprint density at radius 3 is 2.50 bits per heavy atom. The van der Waals surface area contributed by atoms with E-state index in [9.17, 15) is 13.2 Å². The zero-order valence-electron chi connectivity index (χ0n) is 16.4. The third-order valence-electron chi connectivity index (χ3n) is 5.03. The molecular formula is C19H31N3O3S. The van der Waals surface area contributed by atoms with E-state index < -0.39 is 10.2 Å². The molecule has 0 saturated carbocycles. The molecule has 1 N–H and O–H groups in total. The Hall–Kier alpha value is -1.44. The molecule has 1 aromatic carbocycles. The second kappa shape index (κ2) is 8.50. The molecule has 0 aliphatic carbocycles. The summed E-state index contributed by atoms with van der Waals surface area (Å²) in [5.74, 6) is -0.139. The Labute approximate surface area is 157 Å². The molecule has 0 unspecified atom stereocenters. The summed E-state index contributed by atoms with van der Waals surface area (Å²) in [6.07, 6.45) is 1.41. The molecule has 2 rings (SSSR count). The number of hydrogen-bond donors (Lipinski definition) is 1. The van der Waals surface area contributed by atoms with Gasteiger partial charge in [0.05, 0.1) is 12.0 Å². The summed E-state index contributed by atoms with van der Waals surface area (Å²) in [6.45, 7) is 6.92. The number of aryl methyl sites for hydroxylation is 1. The van der Waals surface area contributed by atoms with Crippen LogP contribution in [0.5, 0.6) is 0 Å². The van der Waals surface area contributed by atoms with Crippen LogP contribution in [0.25, 0.3) is 0 Å². The molecular weight excluding hydrogens is 350 g/mol. The van der Waals surface area contributed by atoms with E-state index in [0.717, 1.165) is 11.1 Å². The highest BCUT2D eigenvalue weighted by Gasteiger charge is 2.34. The van der Waals surface area contributed by atoms with Crippen molar-refractivity contribution in [1.29, 1.82) is 0 Å². The molecule has 0 radical (unpaired) electrons. The van der Waals surface area contributed by atoms with Crippen molar-refractivity contribution in [3.63, 3.8) is 0 Å². The highest BCUT2D eigenvalue weighted by Crippen LogP contribution is 2.27. The minimum absolute atomic E-state index is 0.0643. The maximum Gasteiger partial charge on any atom is 0.281 e. The molecule has 6 nitrogen and oxygen atoms in total. The van der Waals surface area contributed by atoms with Gasteiger partial charge in [-0.3, -0.25) is 4.79 Å². The number of piperidine rings is 1. The summed E-state index contributed by atoms with van der Waals surface area (Å²) >= 11 is 0. The lowest BCUT2D eigenvalue weighted by atomic mass is 9.91. The first-order valence-electron chi connectivity index (χ1n) is 9.18. The molecule has 1 heterocycles. The Balaban J connectivity index is 2.13. The molecule has 2 atom stereocenters. The van der Waals surface area contributed by atoms with E-state index in [4.69, 9.17) is 0 Å². The summed E-state index contributed by atoms with van der Waals surface area (Å²) in [5.41, 5.74) is 2.26. The van der Waals surface area contributed by atoms with Gasteiger partial charge >= 0.3 is 0 Å². The van der Waals surface area contributed by atoms with Crippen LogP contribution < -0.4 is 5.32 Å². The molecule has 1 saturated heterocycles. The molecule has 1 amide bonds. The smallest absolute Gasteiger partial charge is 0.281 e. The van der Waals surface area contributed by atoms with Crippen molar-refractivity contribution in [2.75, 3.05) is 27.2 Å². The summed E-state index contributed by atoms with van der Waals surface area (Å²) in [5, 5.41) is 3.17. The van der Waals surface area contributed by atoms with Crippen LogP contribution in [0.3, 0.4) is 0 Å². The van der Waals surface area contributed by atoms with E-state index in [1.54, 1.807) is 0 Å². The van der Waals surface area contributed by atoms with E-state index in [1.165, 1.54) is 22.7 Å². The number of carbonyl (C=O) groups excluding carboxylic acids is 1. The lowest BCUT2D eigenvalue weighted by Crippen LogP contribution is -2.49. The molecule has 1 aromatic rings. The first-order valence-corrected chi connectivity index (χ1v) is 10.6. The largest absolute Gasteiger partial charge is 0.349 e. The summed E-state index contributed by atoms with van der Waals surface area (Å²) in [4.78, 5) is 12.9. The maximum atomic E-state index is 12.9. The van der Waals surface area contributed by atoms with E-state index in [0.29, 0.717) is 19.4 Å². The van der Waals surface area contributed by atoms with Gasteiger partial charge in [0.15, 0.2) is 0 Å². The van der Waals surface area contributed by atoms with Crippen LogP contribution in [0.15, 0.2) is 24.3 Å². The molecule has 0 bridgehead atoms. The molecule has 26 heavy (non-hydrogen) atoms. The van der Waals surface area contributed by atoms with Gasteiger partial charge < -0.3 is 5.32 Å². The zero-order chi connectivity index (χ0) is 19.5. The van der Waals surface area contributed by atoms with Gasteiger partial charge in [0.2, 0.25) is 5.91 Å². The average Bonchev–Trinajstić information content (AvgIpc) is 2.60. The van der Waals surface area contributed by atoms with Crippen LogP contribution in [-0.4, -0.2) is 50.1 Å². The van der Waals surface area contributed by atoms with Gasteiger partial charge in [-0.1, -0.05) is 38.1 Å². The predicted molar refractivity (Wildman–Crippen MR) is 104 cm³/mol. The standard InChI is InChI=1S/C19H31N3O3S/c1-14(2)18(17-11-7-6-9-15(17)3)20-19(23)16-10-8-12-22(13-16)26(24,25)21(4)5/h6-7,9,11,14,16,18H,8,10,12-13H2,1-5H3,(H,20,23)/t16-,18+/m0/s1. The molecule has 0 aromatic heterocycles. The average molecular weight is 382 g/mol. The van der Waals surface area contributed by atoms with E-state index >= 15 is 0 Å². The Morgan fingerprint density at radius 2 is 1.92 bits per heavy atom. The van der Waals surface area contributed by atoms with Crippen molar-refractivity contribution in [2.24, 2.45) is 11.8 Å². The van der Waals surface area contributed by atoms with Crippen molar-refractivity contribution in [2.45, 2.75) is 39.7 Å². The predicted octanol–water partition coefficient (Wildman–Crippen LogP) is 2.33. The maximum absolute atomic E-state index is 12.9. The quantitative estimate of drug-likeness (QED) is 0.822. The van der Waals surface area contributed by atoms with Gasteiger partial charge in [-0.15, -0.1) is 0 Å². The molecule has 1 aliphatic heterocycles. The highest BCUT2D eigenvalue weighted by molar-refractivity contribution is 7.86. The molecule has 1 aliphatic rings. The fourth-order valence-corrected chi connectivity index (χ4v) is 4.60. The molecule has 1 fully saturated rings. The molecule has 7 heteroatoms. The van der Waals surface area contributed by atoms with Crippen LogP contribution in [0.1, 0.15) is 43.9 Å². The molecule has 0 spiro atoms. The first-order chi connectivity index (χ1) is 12.1. The zero-order valence-corrected chi connectivity index (χ0v) is 17.2. The normalized spacial score (nSPS) is 20.3. The number of rotatable bonds is 6. The number of carbonyl (C=O) groups is 1. The number of nitrogens with zero attached hydrogens (tertiary/aromatic N) is 2. The van der Waals surface area contributed by atoms with Gasteiger partial charge in [-0.2, -0.15) is 17.0 Å². The van der Waals surface area contributed by atoms with Crippen molar-refractivity contribution < 1.29 is 13.2 Å². The van der Waals surface area contributed by atoms with Gasteiger partial charge in [-0.05, 0) is 36.8 Å². The summed E-state index contributed by atoms with van der Waals surface area (Å²) < 4.78 is 27.4. The topological polar surface area (TPSA) is 69.7 Å². The number of amides is 1. The second-order valence-corrected chi connectivity index (χ2v) is 9.72. The Kier molecular flexibility index (Phi) is 6.82. The van der Waals surface area contributed by atoms with Crippen LogP contribution >= 0.6 is 0 Å². The lowest BCUT2D eigenvalue weighted by molar-refractivity contribution is -0.127. The van der Waals surface area contributed by atoms with Gasteiger partial charge in [0, 0.05) is 27.2 Å². The van der Waals surface area contributed by atoms with Crippen molar-refractivity contribution in [3.8, 4) is 0 Å².